The first-order valence-electron chi connectivity index (χ1n) is 12.6. The van der Waals surface area contributed by atoms with Crippen LogP contribution in [0.15, 0.2) is 12.4 Å². The Hall–Kier alpha value is -3.79. The number of carbonyl (C=O) groups excluding carboxylic acids is 1. The highest BCUT2D eigenvalue weighted by molar-refractivity contribution is 5.88. The number of nitrogens with two attached hydrogens (primary N) is 1. The van der Waals surface area contributed by atoms with Crippen LogP contribution in [0.1, 0.15) is 13.3 Å². The monoisotopic (exact) mass is 550 g/mol. The summed E-state index contributed by atoms with van der Waals surface area (Å²) in [5.41, 5.74) is 6.27. The molecule has 0 spiro atoms. The van der Waals surface area contributed by atoms with Gasteiger partial charge in [0.2, 0.25) is 17.8 Å². The lowest BCUT2D eigenvalue weighted by Crippen LogP contribution is -2.50. The molecular formula is C23H29F3N10O3. The number of nitrogens with zero attached hydrogens (tertiary/aromatic N) is 9. The number of ether oxygens (including phenoxy) is 1. The average Bonchev–Trinajstić information content (AvgIpc) is 3.25. The SMILES string of the molecule is C[C@@H](O)CC(=O)N1CCN(c2nc3c(N4CCOCC4)nc(-c4cnc(N)nc4)nc3n2CC(F)(F)F)CC1. The van der Waals surface area contributed by atoms with Gasteiger partial charge in [-0.05, 0) is 6.92 Å². The van der Waals surface area contributed by atoms with Gasteiger partial charge in [-0.15, -0.1) is 0 Å². The molecule has 2 aliphatic rings. The molecule has 3 aromatic heterocycles. The minimum atomic E-state index is -4.55. The first-order valence-corrected chi connectivity index (χ1v) is 12.6. The summed E-state index contributed by atoms with van der Waals surface area (Å²) in [7, 11) is 0. The molecular weight excluding hydrogens is 521 g/mol. The van der Waals surface area contributed by atoms with Gasteiger partial charge in [-0.3, -0.25) is 9.36 Å². The molecule has 210 valence electrons. The Morgan fingerprint density at radius 3 is 2.33 bits per heavy atom. The molecule has 5 rings (SSSR count). The number of imidazole rings is 1. The van der Waals surface area contributed by atoms with Crippen molar-refractivity contribution >= 4 is 34.8 Å². The van der Waals surface area contributed by atoms with E-state index in [1.807, 2.05) is 4.90 Å². The summed E-state index contributed by atoms with van der Waals surface area (Å²) in [5, 5.41) is 9.54. The van der Waals surface area contributed by atoms with E-state index in [-0.39, 0.29) is 67.4 Å². The Labute approximate surface area is 221 Å². The van der Waals surface area contributed by atoms with Crippen molar-refractivity contribution in [3.63, 3.8) is 0 Å². The lowest BCUT2D eigenvalue weighted by molar-refractivity contribution is -0.139. The van der Waals surface area contributed by atoms with Crippen LogP contribution >= 0.6 is 0 Å². The molecule has 3 N–H and O–H groups in total. The van der Waals surface area contributed by atoms with E-state index in [9.17, 15) is 23.1 Å². The van der Waals surface area contributed by atoms with Crippen LogP contribution in [-0.2, 0) is 16.1 Å². The first kappa shape index (κ1) is 26.8. The third-order valence-corrected chi connectivity index (χ3v) is 6.52. The van der Waals surface area contributed by atoms with Crippen LogP contribution in [0.5, 0.6) is 0 Å². The fourth-order valence-electron chi connectivity index (χ4n) is 4.66. The fourth-order valence-corrected chi connectivity index (χ4v) is 4.66. The number of fused-ring (bicyclic) bond motifs is 1. The van der Waals surface area contributed by atoms with Gasteiger partial charge in [-0.25, -0.2) is 24.9 Å². The Kier molecular flexibility index (Phi) is 7.40. The molecule has 0 aromatic carbocycles. The number of alkyl halides is 3. The molecule has 2 aliphatic heterocycles. The van der Waals surface area contributed by atoms with Crippen molar-refractivity contribution in [3.05, 3.63) is 12.4 Å². The number of aromatic nitrogens is 6. The van der Waals surface area contributed by atoms with Crippen molar-refractivity contribution in [2.24, 2.45) is 0 Å². The number of amides is 1. The van der Waals surface area contributed by atoms with Crippen LogP contribution < -0.4 is 15.5 Å². The zero-order valence-electron chi connectivity index (χ0n) is 21.3. The largest absolute Gasteiger partial charge is 0.406 e. The van der Waals surface area contributed by atoms with E-state index >= 15 is 0 Å². The normalized spacial score (nSPS) is 17.6. The summed E-state index contributed by atoms with van der Waals surface area (Å²) in [5.74, 6) is 0.475. The zero-order valence-corrected chi connectivity index (χ0v) is 21.3. The zero-order chi connectivity index (χ0) is 27.7. The highest BCUT2D eigenvalue weighted by atomic mass is 19.4. The minimum absolute atomic E-state index is 0.0112. The van der Waals surface area contributed by atoms with Crippen molar-refractivity contribution in [1.29, 1.82) is 0 Å². The number of aliphatic hydroxyl groups excluding tert-OH is 1. The van der Waals surface area contributed by atoms with Gasteiger partial charge in [0.25, 0.3) is 0 Å². The number of halogens is 3. The smallest absolute Gasteiger partial charge is 0.393 e. The second-order valence-corrected chi connectivity index (χ2v) is 9.51. The van der Waals surface area contributed by atoms with Crippen LogP contribution in [0.4, 0.5) is 30.9 Å². The molecule has 39 heavy (non-hydrogen) atoms. The number of carbonyl (C=O) groups is 1. The topological polar surface area (TPSA) is 152 Å². The molecule has 1 atom stereocenters. The number of rotatable bonds is 6. The predicted octanol–water partition coefficient (Wildman–Crippen LogP) is 0.684. The van der Waals surface area contributed by atoms with Gasteiger partial charge < -0.3 is 30.3 Å². The maximum Gasteiger partial charge on any atom is 0.406 e. The summed E-state index contributed by atoms with van der Waals surface area (Å²) in [6.45, 7) is 3.17. The summed E-state index contributed by atoms with van der Waals surface area (Å²) in [6.07, 6.45) is -2.50. The number of anilines is 3. The van der Waals surface area contributed by atoms with Crippen molar-refractivity contribution in [2.75, 3.05) is 68.0 Å². The van der Waals surface area contributed by atoms with Crippen LogP contribution in [-0.4, -0.2) is 110 Å². The van der Waals surface area contributed by atoms with E-state index in [0.717, 1.165) is 4.57 Å². The second kappa shape index (κ2) is 10.8. The lowest BCUT2D eigenvalue weighted by Gasteiger charge is -2.35. The predicted molar refractivity (Wildman–Crippen MR) is 135 cm³/mol. The first-order chi connectivity index (χ1) is 18.6. The number of aliphatic hydroxyl groups is 1. The van der Waals surface area contributed by atoms with Gasteiger partial charge in [0, 0.05) is 51.7 Å². The van der Waals surface area contributed by atoms with Crippen molar-refractivity contribution in [2.45, 2.75) is 32.2 Å². The number of nitrogen functional groups attached to an aromatic ring is 1. The second-order valence-electron chi connectivity index (χ2n) is 9.51. The number of hydrogen-bond donors (Lipinski definition) is 2. The van der Waals surface area contributed by atoms with Crippen LogP contribution in [0, 0.1) is 0 Å². The molecule has 1 amide bonds. The number of hydrogen-bond acceptors (Lipinski definition) is 11. The van der Waals surface area contributed by atoms with Crippen LogP contribution in [0.25, 0.3) is 22.6 Å². The highest BCUT2D eigenvalue weighted by Crippen LogP contribution is 2.33. The van der Waals surface area contributed by atoms with Gasteiger partial charge in [0.1, 0.15) is 6.54 Å². The molecule has 13 nitrogen and oxygen atoms in total. The molecule has 2 saturated heterocycles. The van der Waals surface area contributed by atoms with Gasteiger partial charge in [-0.2, -0.15) is 13.2 Å². The van der Waals surface area contributed by atoms with E-state index in [1.54, 1.807) is 9.80 Å². The van der Waals surface area contributed by atoms with E-state index in [0.29, 0.717) is 37.7 Å². The van der Waals surface area contributed by atoms with E-state index in [4.69, 9.17) is 10.5 Å². The molecule has 0 bridgehead atoms. The quantitative estimate of drug-likeness (QED) is 0.446. The summed E-state index contributed by atoms with van der Waals surface area (Å²) >= 11 is 0. The van der Waals surface area contributed by atoms with Crippen molar-refractivity contribution in [1.82, 2.24) is 34.4 Å². The minimum Gasteiger partial charge on any atom is -0.393 e. The van der Waals surface area contributed by atoms with E-state index in [2.05, 4.69) is 24.9 Å². The molecule has 0 aliphatic carbocycles. The maximum absolute atomic E-state index is 13.9. The Morgan fingerprint density at radius 1 is 1.05 bits per heavy atom. The standard InChI is InChI=1S/C23H29F3N10O3/c1-14(37)10-16(38)33-2-4-35(5-3-33)22-30-17-19(34-6-8-39-9-7-34)31-18(15-11-28-21(27)29-12-15)32-20(17)36(22)13-23(24,25)26/h11-12,14,37H,2-10,13H2,1H3,(H2,27,28,29)/t14-/m1/s1. The van der Waals surface area contributed by atoms with E-state index in [1.165, 1.54) is 19.3 Å². The number of piperazine rings is 1. The average molecular weight is 551 g/mol. The van der Waals surface area contributed by atoms with Gasteiger partial charge in [0.15, 0.2) is 22.8 Å². The fraction of sp³-hybridized carbons (Fsp3) is 0.565. The summed E-state index contributed by atoms with van der Waals surface area (Å²) in [4.78, 5) is 39.4. The lowest BCUT2D eigenvalue weighted by atomic mass is 10.2. The molecule has 3 aromatic rings. The molecule has 0 unspecified atom stereocenters. The maximum atomic E-state index is 13.9. The molecule has 2 fully saturated rings. The Bertz CT molecular complexity index is 1320. The van der Waals surface area contributed by atoms with Crippen molar-refractivity contribution < 1.29 is 27.8 Å². The number of morpholine rings is 1. The van der Waals surface area contributed by atoms with Crippen molar-refractivity contribution in [3.8, 4) is 11.4 Å². The third kappa shape index (κ3) is 5.95. The third-order valence-electron chi connectivity index (χ3n) is 6.52. The molecule has 0 radical (unpaired) electrons. The molecule has 16 heteroatoms. The molecule has 5 heterocycles. The highest BCUT2D eigenvalue weighted by Gasteiger charge is 2.35. The van der Waals surface area contributed by atoms with Gasteiger partial charge in [0.05, 0.1) is 31.3 Å². The van der Waals surface area contributed by atoms with Crippen LogP contribution in [0.2, 0.25) is 0 Å². The summed E-state index contributed by atoms with van der Waals surface area (Å²) in [6, 6.07) is 0. The Balaban J connectivity index is 1.59. The van der Waals surface area contributed by atoms with Crippen LogP contribution in [0.3, 0.4) is 0 Å². The summed E-state index contributed by atoms with van der Waals surface area (Å²) < 4.78 is 48.1. The van der Waals surface area contributed by atoms with Gasteiger partial charge >= 0.3 is 6.18 Å². The van der Waals surface area contributed by atoms with E-state index < -0.39 is 18.8 Å². The van der Waals surface area contributed by atoms with Gasteiger partial charge in [-0.1, -0.05) is 0 Å². The Morgan fingerprint density at radius 2 is 1.72 bits per heavy atom. The molecule has 0 saturated carbocycles.